The topological polar surface area (TPSA) is 109 Å². The van der Waals surface area contributed by atoms with Gasteiger partial charge in [0.2, 0.25) is 17.2 Å². The molecule has 6 aromatic rings. The first kappa shape index (κ1) is 25.1. The number of nitrogens with two attached hydrogens (primary N) is 1. The Morgan fingerprint density at radius 3 is 2.52 bits per heavy atom. The zero-order valence-electron chi connectivity index (χ0n) is 20.8. The summed E-state index contributed by atoms with van der Waals surface area (Å²) in [5, 5.41) is 8.30. The van der Waals surface area contributed by atoms with Crippen LogP contribution in [0.2, 0.25) is 0 Å². The van der Waals surface area contributed by atoms with Crippen LogP contribution in [0, 0.1) is 11.6 Å². The highest BCUT2D eigenvalue weighted by molar-refractivity contribution is 7.21. The molecule has 0 aliphatic rings. The van der Waals surface area contributed by atoms with E-state index in [-0.39, 0.29) is 22.0 Å². The monoisotopic (exact) mass is 555 g/mol. The molecule has 0 saturated heterocycles. The molecule has 0 spiro atoms. The first-order chi connectivity index (χ1) is 19.4. The van der Waals surface area contributed by atoms with Crippen molar-refractivity contribution < 1.29 is 27.5 Å². The number of carbonyl (C=O) groups excluding carboxylic acids is 1. The van der Waals surface area contributed by atoms with Crippen LogP contribution in [-0.2, 0) is 0 Å². The van der Waals surface area contributed by atoms with Crippen molar-refractivity contribution in [2.45, 2.75) is 0 Å². The fraction of sp³-hybridized carbons (Fsp3) is 0.0345. The summed E-state index contributed by atoms with van der Waals surface area (Å²) < 4.78 is 40.6. The Morgan fingerprint density at radius 2 is 1.80 bits per heavy atom. The molecule has 198 valence electrons. The molecule has 40 heavy (non-hydrogen) atoms. The Labute approximate surface area is 230 Å². The Hall–Kier alpha value is -5.16. The normalized spacial score (nSPS) is 11.1. The predicted molar refractivity (Wildman–Crippen MR) is 147 cm³/mol. The molecule has 3 aromatic heterocycles. The molecule has 11 heteroatoms. The molecule has 0 atom stereocenters. The van der Waals surface area contributed by atoms with Gasteiger partial charge in [0.15, 0.2) is 0 Å². The van der Waals surface area contributed by atoms with Crippen LogP contribution in [0.5, 0.6) is 5.75 Å². The highest BCUT2D eigenvalue weighted by Gasteiger charge is 2.21. The lowest BCUT2D eigenvalue weighted by atomic mass is 9.99. The number of thiophene rings is 1. The van der Waals surface area contributed by atoms with E-state index in [1.54, 1.807) is 25.3 Å². The van der Waals surface area contributed by atoms with E-state index in [0.29, 0.717) is 27.2 Å². The summed E-state index contributed by atoms with van der Waals surface area (Å²) in [6, 6.07) is 21.3. The molecule has 0 fully saturated rings. The van der Waals surface area contributed by atoms with Gasteiger partial charge < -0.3 is 25.1 Å². The average Bonchev–Trinajstić information content (AvgIpc) is 3.57. The van der Waals surface area contributed by atoms with Crippen LogP contribution in [0.3, 0.4) is 0 Å². The second-order valence-corrected chi connectivity index (χ2v) is 9.67. The number of amides is 1. The number of benzene rings is 3. The molecule has 3 aromatic carbocycles. The molecule has 6 rings (SSSR count). The predicted octanol–water partition coefficient (Wildman–Crippen LogP) is 6.61. The van der Waals surface area contributed by atoms with Gasteiger partial charge in [0, 0.05) is 34.7 Å². The number of halogens is 2. The number of carbonyl (C=O) groups is 1. The Kier molecular flexibility index (Phi) is 6.40. The van der Waals surface area contributed by atoms with Gasteiger partial charge in [-0.1, -0.05) is 18.2 Å². The Morgan fingerprint density at radius 1 is 1.02 bits per heavy atom. The second-order valence-electron chi connectivity index (χ2n) is 8.67. The van der Waals surface area contributed by atoms with Crippen LogP contribution in [0.25, 0.3) is 43.6 Å². The number of aromatic nitrogens is 3. The molecular formula is C29H19F2N5O3S. The van der Waals surface area contributed by atoms with Crippen LogP contribution in [0.15, 0.2) is 89.6 Å². The van der Waals surface area contributed by atoms with Gasteiger partial charge in [-0.25, -0.2) is 13.8 Å². The smallest absolute Gasteiger partial charge is 0.241 e. The number of hydrogen-bond donors (Lipinski definition) is 1. The third-order valence-corrected chi connectivity index (χ3v) is 7.28. The van der Waals surface area contributed by atoms with E-state index < -0.39 is 17.5 Å². The zero-order chi connectivity index (χ0) is 27.8. The number of pyridine rings is 1. The Balaban J connectivity index is 1.44. The van der Waals surface area contributed by atoms with Crippen molar-refractivity contribution >= 4 is 39.0 Å². The zero-order valence-corrected chi connectivity index (χ0v) is 21.7. The van der Waals surface area contributed by atoms with Gasteiger partial charge in [-0.05, 0) is 52.7 Å². The number of hydrogen-bond acceptors (Lipinski definition) is 7. The van der Waals surface area contributed by atoms with E-state index in [9.17, 15) is 9.18 Å². The molecule has 0 aliphatic carbocycles. The number of nitrogen functional groups attached to an aromatic ring is 1. The van der Waals surface area contributed by atoms with Crippen molar-refractivity contribution in [3.63, 3.8) is 0 Å². The lowest BCUT2D eigenvalue weighted by molar-refractivity contribution is -0.670. The van der Waals surface area contributed by atoms with Gasteiger partial charge in [0.05, 0.1) is 23.4 Å². The summed E-state index contributed by atoms with van der Waals surface area (Å²) in [6.07, 6.45) is 1.47. The number of rotatable bonds is 6. The summed E-state index contributed by atoms with van der Waals surface area (Å²) >= 11 is 1.02. The SMILES string of the molecule is COc1ccc(-c2cc(-c3ccc(F)cc3F)c3c(N)c(C(=O)[N-]c4c[n+](-c5ccccc5)no4)sc3n2)cc1. The first-order valence-electron chi connectivity index (χ1n) is 11.9. The largest absolute Gasteiger partial charge is 0.583 e. The van der Waals surface area contributed by atoms with E-state index in [4.69, 9.17) is 20.0 Å². The minimum absolute atomic E-state index is 0.0256. The van der Waals surface area contributed by atoms with Crippen molar-refractivity contribution in [2.75, 3.05) is 12.8 Å². The molecule has 1 amide bonds. The van der Waals surface area contributed by atoms with Crippen LogP contribution < -0.4 is 15.2 Å². The van der Waals surface area contributed by atoms with E-state index in [0.717, 1.165) is 34.7 Å². The van der Waals surface area contributed by atoms with E-state index in [2.05, 4.69) is 10.6 Å². The summed E-state index contributed by atoms with van der Waals surface area (Å²) in [5.41, 5.74) is 8.97. The standard InChI is InChI=1S/C29H19F2N5O3S/c1-38-19-10-7-16(8-11-19)23-14-21(20-12-9-17(30)13-22(20)31)25-26(32)27(40-29(25)33-23)28(37)34-24-15-36(35-39-24)18-5-3-2-4-6-18/h2-15H,1H3,(H2-,32,34,35,37). The Bertz CT molecular complexity index is 1870. The third kappa shape index (κ3) is 4.63. The maximum Gasteiger partial charge on any atom is 0.241 e. The highest BCUT2D eigenvalue weighted by atomic mass is 32.1. The van der Waals surface area contributed by atoms with Crippen molar-refractivity contribution in [1.29, 1.82) is 0 Å². The molecule has 0 bridgehead atoms. The maximum atomic E-state index is 15.0. The van der Waals surface area contributed by atoms with Crippen LogP contribution in [0.1, 0.15) is 9.67 Å². The minimum Gasteiger partial charge on any atom is -0.583 e. The number of methoxy groups -OCH3 is 1. The van der Waals surface area contributed by atoms with Gasteiger partial charge >= 0.3 is 0 Å². The molecular weight excluding hydrogens is 536 g/mol. The number of nitrogens with zero attached hydrogens (tertiary/aromatic N) is 4. The van der Waals surface area contributed by atoms with E-state index in [1.165, 1.54) is 16.9 Å². The number of anilines is 1. The van der Waals surface area contributed by atoms with Crippen LogP contribution in [0.4, 0.5) is 20.4 Å². The van der Waals surface area contributed by atoms with Gasteiger partial charge in [0.25, 0.3) is 0 Å². The van der Waals surface area contributed by atoms with Crippen LogP contribution >= 0.6 is 11.3 Å². The molecule has 0 unspecified atom stereocenters. The minimum atomic E-state index is -0.775. The fourth-order valence-electron chi connectivity index (χ4n) is 4.25. The second kappa shape index (κ2) is 10.2. The van der Waals surface area contributed by atoms with Crippen molar-refractivity contribution in [1.82, 2.24) is 10.3 Å². The average molecular weight is 556 g/mol. The maximum absolute atomic E-state index is 15.0. The molecule has 3 heterocycles. The summed E-state index contributed by atoms with van der Waals surface area (Å²) in [4.78, 5) is 18.4. The van der Waals surface area contributed by atoms with Crippen molar-refractivity contribution in [2.24, 2.45) is 0 Å². The van der Waals surface area contributed by atoms with E-state index >= 15 is 4.39 Å². The third-order valence-electron chi connectivity index (χ3n) is 6.19. The summed E-state index contributed by atoms with van der Waals surface area (Å²) in [5.74, 6) is -1.53. The molecule has 0 saturated carbocycles. The van der Waals surface area contributed by atoms with Crippen molar-refractivity contribution in [3.8, 4) is 33.8 Å². The fourth-order valence-corrected chi connectivity index (χ4v) is 5.25. The van der Waals surface area contributed by atoms with Gasteiger partial charge in [0.1, 0.15) is 34.0 Å². The molecule has 8 nitrogen and oxygen atoms in total. The molecule has 0 aliphatic heterocycles. The lowest BCUT2D eigenvalue weighted by Crippen LogP contribution is -2.30. The number of ether oxygens (including phenoxy) is 1. The van der Waals surface area contributed by atoms with Gasteiger partial charge in [-0.15, -0.1) is 11.3 Å². The summed E-state index contributed by atoms with van der Waals surface area (Å²) in [6.45, 7) is 0. The number of para-hydroxylation sites is 1. The summed E-state index contributed by atoms with van der Waals surface area (Å²) in [7, 11) is 1.56. The van der Waals surface area contributed by atoms with Gasteiger partial charge in [-0.3, -0.25) is 0 Å². The molecule has 2 N–H and O–H groups in total. The number of fused-ring (bicyclic) bond motifs is 1. The lowest BCUT2D eigenvalue weighted by Gasteiger charge is -2.12. The van der Waals surface area contributed by atoms with E-state index in [1.807, 2.05) is 42.5 Å². The van der Waals surface area contributed by atoms with Gasteiger partial charge in [-0.2, -0.15) is 0 Å². The van der Waals surface area contributed by atoms with Crippen LogP contribution in [-0.4, -0.2) is 23.3 Å². The quantitative estimate of drug-likeness (QED) is 0.232. The van der Waals surface area contributed by atoms with Crippen molar-refractivity contribution in [3.05, 3.63) is 107 Å². The molecule has 0 radical (unpaired) electrons. The first-order valence-corrected chi connectivity index (χ1v) is 12.8. The highest BCUT2D eigenvalue weighted by Crippen LogP contribution is 2.43.